The zero-order chi connectivity index (χ0) is 16.2. The largest absolute Gasteiger partial charge is 0.375 e. The fourth-order valence-corrected chi connectivity index (χ4v) is 3.71. The quantitative estimate of drug-likeness (QED) is 0.734. The maximum atomic E-state index is 11.5. The second-order valence-electron chi connectivity index (χ2n) is 5.78. The van der Waals surface area contributed by atoms with E-state index in [-0.39, 0.29) is 6.04 Å². The molecule has 0 spiro atoms. The average Bonchev–Trinajstić information content (AvgIpc) is 2.97. The number of methoxy groups -OCH3 is 1. The molecule has 1 saturated heterocycles. The smallest absolute Gasteiger partial charge is 0.252 e. The molecular weight excluding hydrogens is 308 g/mol. The molecule has 2 rings (SSSR count). The highest BCUT2D eigenvalue weighted by atomic mass is 32.2. The van der Waals surface area contributed by atoms with Crippen LogP contribution >= 0.6 is 0 Å². The Hall–Kier alpha value is -1.03. The summed E-state index contributed by atoms with van der Waals surface area (Å²) in [4.78, 5) is 6.41. The van der Waals surface area contributed by atoms with Crippen molar-refractivity contribution in [1.82, 2.24) is 19.8 Å². The zero-order valence-corrected chi connectivity index (χ0v) is 14.1. The van der Waals surface area contributed by atoms with E-state index < -0.39 is 10.0 Å². The van der Waals surface area contributed by atoms with Gasteiger partial charge in [0.05, 0.1) is 12.8 Å². The number of sulfonamides is 1. The summed E-state index contributed by atoms with van der Waals surface area (Å²) in [5, 5.41) is 3.92. The number of ether oxygens (including phenoxy) is 1. The van der Waals surface area contributed by atoms with Crippen LogP contribution in [0.25, 0.3) is 0 Å². The molecule has 0 radical (unpaired) electrons. The van der Waals surface area contributed by atoms with Crippen LogP contribution in [0.2, 0.25) is 0 Å². The fourth-order valence-electron chi connectivity index (χ4n) is 2.90. The van der Waals surface area contributed by atoms with Crippen LogP contribution in [0.5, 0.6) is 0 Å². The third-order valence-corrected chi connectivity index (χ3v) is 4.42. The van der Waals surface area contributed by atoms with Crippen molar-refractivity contribution in [3.8, 4) is 0 Å². The lowest BCUT2D eigenvalue weighted by Crippen LogP contribution is -2.39. The van der Waals surface area contributed by atoms with Gasteiger partial charge in [0.2, 0.25) is 10.0 Å². The van der Waals surface area contributed by atoms with Gasteiger partial charge < -0.3 is 9.26 Å². The molecule has 1 N–H and O–H groups in total. The Labute approximate surface area is 131 Å². The molecule has 1 aromatic rings. The molecule has 2 heterocycles. The van der Waals surface area contributed by atoms with Gasteiger partial charge in [-0.3, -0.25) is 4.90 Å². The lowest BCUT2D eigenvalue weighted by Gasteiger charge is -2.17. The molecular formula is C13H24N4O4S. The van der Waals surface area contributed by atoms with Crippen LogP contribution in [0.4, 0.5) is 0 Å². The van der Waals surface area contributed by atoms with Crippen molar-refractivity contribution in [3.05, 3.63) is 11.7 Å². The van der Waals surface area contributed by atoms with Gasteiger partial charge in [-0.05, 0) is 12.3 Å². The van der Waals surface area contributed by atoms with Gasteiger partial charge in [0.15, 0.2) is 5.82 Å². The van der Waals surface area contributed by atoms with Gasteiger partial charge in [-0.1, -0.05) is 18.5 Å². The Bertz CT molecular complexity index is 574. The Morgan fingerprint density at radius 3 is 2.86 bits per heavy atom. The highest BCUT2D eigenvalue weighted by molar-refractivity contribution is 7.88. The Morgan fingerprint density at radius 1 is 1.45 bits per heavy atom. The van der Waals surface area contributed by atoms with E-state index in [2.05, 4.69) is 26.7 Å². The predicted octanol–water partition coefficient (Wildman–Crippen LogP) is 0.366. The van der Waals surface area contributed by atoms with Gasteiger partial charge in [0, 0.05) is 26.2 Å². The number of nitrogens with one attached hydrogen (secondary N) is 1. The maximum absolute atomic E-state index is 11.5. The first-order valence-electron chi connectivity index (χ1n) is 7.41. The number of nitrogens with zero attached hydrogens (tertiary/aromatic N) is 3. The highest BCUT2D eigenvalue weighted by Crippen LogP contribution is 2.23. The second kappa shape index (κ2) is 7.49. The van der Waals surface area contributed by atoms with Gasteiger partial charge in [0.1, 0.15) is 6.61 Å². The predicted molar refractivity (Wildman–Crippen MR) is 80.5 cm³/mol. The fraction of sp³-hybridized carbons (Fsp3) is 0.846. The first kappa shape index (κ1) is 17.3. The summed E-state index contributed by atoms with van der Waals surface area (Å²) in [7, 11) is -1.63. The minimum absolute atomic E-state index is 0.0553. The number of hydrogen-bond acceptors (Lipinski definition) is 7. The zero-order valence-electron chi connectivity index (χ0n) is 13.3. The van der Waals surface area contributed by atoms with Crippen molar-refractivity contribution in [2.75, 3.05) is 26.5 Å². The van der Waals surface area contributed by atoms with Crippen LogP contribution in [-0.4, -0.2) is 56.0 Å². The van der Waals surface area contributed by atoms with Crippen LogP contribution in [0.1, 0.15) is 31.5 Å². The Balaban J connectivity index is 1.97. The summed E-state index contributed by atoms with van der Waals surface area (Å²) in [6, 6.07) is -0.0553. The molecule has 0 amide bonds. The van der Waals surface area contributed by atoms with Crippen LogP contribution in [0.3, 0.4) is 0 Å². The normalized spacial score (nSPS) is 23.2. The van der Waals surface area contributed by atoms with Crippen molar-refractivity contribution in [2.24, 2.45) is 5.92 Å². The van der Waals surface area contributed by atoms with Crippen LogP contribution in [0, 0.1) is 5.92 Å². The molecule has 1 aliphatic heterocycles. The maximum Gasteiger partial charge on any atom is 0.252 e. The molecule has 1 fully saturated rings. The van der Waals surface area contributed by atoms with Crippen molar-refractivity contribution in [1.29, 1.82) is 0 Å². The number of hydrogen-bond donors (Lipinski definition) is 1. The van der Waals surface area contributed by atoms with E-state index in [0.717, 1.165) is 19.4 Å². The highest BCUT2D eigenvalue weighted by Gasteiger charge is 2.34. The second-order valence-corrected chi connectivity index (χ2v) is 7.56. The Kier molecular flexibility index (Phi) is 5.90. The first-order valence-corrected chi connectivity index (χ1v) is 9.30. The molecule has 126 valence electrons. The van der Waals surface area contributed by atoms with E-state index in [1.807, 2.05) is 0 Å². The summed E-state index contributed by atoms with van der Waals surface area (Å²) in [5.41, 5.74) is 0. The number of likely N-dealkylation sites (tertiary alicyclic amines) is 1. The van der Waals surface area contributed by atoms with Gasteiger partial charge in [-0.25, -0.2) is 13.1 Å². The molecule has 0 saturated carbocycles. The topological polar surface area (TPSA) is 97.6 Å². The van der Waals surface area contributed by atoms with Gasteiger partial charge in [0.25, 0.3) is 5.89 Å². The van der Waals surface area contributed by atoms with Crippen molar-refractivity contribution >= 4 is 10.0 Å². The van der Waals surface area contributed by atoms with E-state index >= 15 is 0 Å². The van der Waals surface area contributed by atoms with E-state index in [9.17, 15) is 8.42 Å². The molecule has 1 aromatic heterocycles. The molecule has 0 aromatic carbocycles. The van der Waals surface area contributed by atoms with Gasteiger partial charge in [-0.2, -0.15) is 4.98 Å². The van der Waals surface area contributed by atoms with E-state index in [1.54, 1.807) is 7.11 Å². The average molecular weight is 332 g/mol. The monoisotopic (exact) mass is 332 g/mol. The molecule has 0 bridgehead atoms. The lowest BCUT2D eigenvalue weighted by atomic mass is 9.99. The summed E-state index contributed by atoms with van der Waals surface area (Å²) < 4.78 is 35.7. The van der Waals surface area contributed by atoms with Gasteiger partial charge >= 0.3 is 0 Å². The van der Waals surface area contributed by atoms with Crippen LogP contribution < -0.4 is 4.72 Å². The molecule has 8 nitrogen and oxygen atoms in total. The van der Waals surface area contributed by atoms with E-state index in [1.165, 1.54) is 6.26 Å². The summed E-state index contributed by atoms with van der Waals surface area (Å²) in [5.74, 6) is 1.36. The summed E-state index contributed by atoms with van der Waals surface area (Å²) >= 11 is 0. The third-order valence-electron chi connectivity index (χ3n) is 3.68. The molecule has 0 unspecified atom stereocenters. The van der Waals surface area contributed by atoms with Crippen LogP contribution in [0.15, 0.2) is 4.52 Å². The lowest BCUT2D eigenvalue weighted by molar-refractivity contribution is 0.151. The standard InChI is InChI=1S/C13H24N4O4S/c1-4-5-10-6-17(7-11(10)16-22(3,18)19)8-12-14-13(9-20-2)21-15-12/h10-11,16H,4-9H2,1-3H3/t10-,11-/m1/s1. The van der Waals surface area contributed by atoms with E-state index in [0.29, 0.717) is 37.3 Å². The summed E-state index contributed by atoms with van der Waals surface area (Å²) in [6.45, 7) is 4.44. The molecule has 2 atom stereocenters. The summed E-state index contributed by atoms with van der Waals surface area (Å²) in [6.07, 6.45) is 3.22. The van der Waals surface area contributed by atoms with Crippen molar-refractivity contribution in [2.45, 2.75) is 39.0 Å². The molecule has 9 heteroatoms. The molecule has 0 aliphatic carbocycles. The SMILES string of the molecule is CCC[C@@H]1CN(Cc2noc(COC)n2)C[C@H]1NS(C)(=O)=O. The van der Waals surface area contributed by atoms with Crippen LogP contribution in [-0.2, 0) is 27.9 Å². The number of aromatic nitrogens is 2. The van der Waals surface area contributed by atoms with Gasteiger partial charge in [-0.15, -0.1) is 0 Å². The minimum atomic E-state index is -3.20. The van der Waals surface area contributed by atoms with E-state index in [4.69, 9.17) is 9.26 Å². The Morgan fingerprint density at radius 2 is 2.23 bits per heavy atom. The minimum Gasteiger partial charge on any atom is -0.375 e. The third kappa shape index (κ3) is 5.01. The number of rotatable bonds is 8. The van der Waals surface area contributed by atoms with Crippen molar-refractivity contribution in [3.63, 3.8) is 0 Å². The molecule has 1 aliphatic rings. The molecule has 22 heavy (non-hydrogen) atoms. The van der Waals surface area contributed by atoms with Crippen molar-refractivity contribution < 1.29 is 17.7 Å². The first-order chi connectivity index (χ1) is 10.4.